The first-order chi connectivity index (χ1) is 9.33. The third-order valence-corrected chi connectivity index (χ3v) is 3.78. The second-order valence-corrected chi connectivity index (χ2v) is 5.40. The summed E-state index contributed by atoms with van der Waals surface area (Å²) >= 11 is 0. The summed E-state index contributed by atoms with van der Waals surface area (Å²) in [5, 5.41) is 20.8. The molecule has 1 N–H and O–H groups in total. The van der Waals surface area contributed by atoms with Crippen LogP contribution in [0.4, 0.5) is 0 Å². The SMILES string of the molecule is N#CCCC(C#N)CNCC1CN(C2CC2)CCO1. The maximum absolute atomic E-state index is 8.97. The van der Waals surface area contributed by atoms with E-state index in [9.17, 15) is 0 Å². The van der Waals surface area contributed by atoms with Crippen molar-refractivity contribution < 1.29 is 4.74 Å². The van der Waals surface area contributed by atoms with Gasteiger partial charge in [0, 0.05) is 38.6 Å². The van der Waals surface area contributed by atoms with Gasteiger partial charge in [0.05, 0.1) is 30.8 Å². The van der Waals surface area contributed by atoms with Crippen molar-refractivity contribution in [2.45, 2.75) is 37.8 Å². The molecule has 1 saturated carbocycles. The number of rotatable bonds is 7. The lowest BCUT2D eigenvalue weighted by molar-refractivity contribution is -0.0301. The average Bonchev–Trinajstić information content (AvgIpc) is 3.27. The third-order valence-electron chi connectivity index (χ3n) is 3.78. The lowest BCUT2D eigenvalue weighted by Crippen LogP contribution is -2.47. The Bertz CT molecular complexity index is 355. The molecule has 19 heavy (non-hydrogen) atoms. The average molecular weight is 262 g/mol. The second kappa shape index (κ2) is 7.45. The van der Waals surface area contributed by atoms with Gasteiger partial charge in [0.15, 0.2) is 0 Å². The van der Waals surface area contributed by atoms with Crippen LogP contribution in [0.2, 0.25) is 0 Å². The van der Waals surface area contributed by atoms with Crippen LogP contribution in [0.1, 0.15) is 25.7 Å². The summed E-state index contributed by atoms with van der Waals surface area (Å²) in [6.45, 7) is 4.34. The fourth-order valence-electron chi connectivity index (χ4n) is 2.51. The molecule has 2 rings (SSSR count). The van der Waals surface area contributed by atoms with E-state index in [1.807, 2.05) is 0 Å². The predicted molar refractivity (Wildman–Crippen MR) is 71.2 cm³/mol. The van der Waals surface area contributed by atoms with Gasteiger partial charge >= 0.3 is 0 Å². The molecule has 0 aromatic rings. The monoisotopic (exact) mass is 262 g/mol. The van der Waals surface area contributed by atoms with Gasteiger partial charge in [-0.3, -0.25) is 4.90 Å². The molecule has 2 unspecified atom stereocenters. The van der Waals surface area contributed by atoms with Crippen molar-refractivity contribution in [3.05, 3.63) is 0 Å². The fraction of sp³-hybridized carbons (Fsp3) is 0.857. The third kappa shape index (κ3) is 4.80. The summed E-state index contributed by atoms with van der Waals surface area (Å²) in [5.41, 5.74) is 0. The van der Waals surface area contributed by atoms with Crippen molar-refractivity contribution in [1.82, 2.24) is 10.2 Å². The van der Waals surface area contributed by atoms with Crippen molar-refractivity contribution in [3.8, 4) is 12.1 Å². The molecule has 0 radical (unpaired) electrons. The van der Waals surface area contributed by atoms with E-state index in [0.29, 0.717) is 19.4 Å². The van der Waals surface area contributed by atoms with Crippen LogP contribution < -0.4 is 5.32 Å². The van der Waals surface area contributed by atoms with Crippen molar-refractivity contribution in [1.29, 1.82) is 10.5 Å². The Kier molecular flexibility index (Phi) is 5.60. The molecule has 5 nitrogen and oxygen atoms in total. The van der Waals surface area contributed by atoms with Crippen LogP contribution in [0.3, 0.4) is 0 Å². The van der Waals surface area contributed by atoms with Crippen molar-refractivity contribution in [2.24, 2.45) is 5.92 Å². The van der Waals surface area contributed by atoms with Gasteiger partial charge in [0.2, 0.25) is 0 Å². The molecule has 1 heterocycles. The molecule has 0 aromatic heterocycles. The minimum atomic E-state index is -0.0669. The molecule has 0 spiro atoms. The zero-order chi connectivity index (χ0) is 13.5. The maximum Gasteiger partial charge on any atom is 0.0826 e. The van der Waals surface area contributed by atoms with Gasteiger partial charge in [-0.1, -0.05) is 0 Å². The Hall–Kier alpha value is -1.14. The summed E-state index contributed by atoms with van der Waals surface area (Å²) in [4.78, 5) is 2.52. The minimum Gasteiger partial charge on any atom is -0.374 e. The normalized spacial score (nSPS) is 25.5. The lowest BCUT2D eigenvalue weighted by Gasteiger charge is -2.33. The Morgan fingerprint density at radius 2 is 2.21 bits per heavy atom. The Morgan fingerprint density at radius 1 is 1.37 bits per heavy atom. The van der Waals surface area contributed by atoms with E-state index in [4.69, 9.17) is 15.3 Å². The molecule has 1 aliphatic heterocycles. The smallest absolute Gasteiger partial charge is 0.0826 e. The molecule has 1 saturated heterocycles. The van der Waals surface area contributed by atoms with Crippen molar-refractivity contribution in [2.75, 3.05) is 32.8 Å². The molecule has 5 heteroatoms. The standard InChI is InChI=1S/C14H22N4O/c15-5-1-2-12(8-16)9-17-10-14-11-18(6-7-19-14)13-3-4-13/h12-14,17H,1-4,6-7,9-11H2. The highest BCUT2D eigenvalue weighted by molar-refractivity contribution is 4.89. The first-order valence-corrected chi connectivity index (χ1v) is 7.16. The molecular formula is C14H22N4O. The zero-order valence-electron chi connectivity index (χ0n) is 11.3. The molecular weight excluding hydrogens is 240 g/mol. The van der Waals surface area contributed by atoms with Gasteiger partial charge in [-0.05, 0) is 19.3 Å². The van der Waals surface area contributed by atoms with Gasteiger partial charge in [-0.15, -0.1) is 0 Å². The first-order valence-electron chi connectivity index (χ1n) is 7.16. The van der Waals surface area contributed by atoms with Gasteiger partial charge in [0.1, 0.15) is 0 Å². The van der Waals surface area contributed by atoms with E-state index >= 15 is 0 Å². The zero-order valence-corrected chi connectivity index (χ0v) is 11.3. The van der Waals surface area contributed by atoms with Crippen LogP contribution in [-0.2, 0) is 4.74 Å². The van der Waals surface area contributed by atoms with Crippen LogP contribution in [0.5, 0.6) is 0 Å². The van der Waals surface area contributed by atoms with Crippen molar-refractivity contribution in [3.63, 3.8) is 0 Å². The minimum absolute atomic E-state index is 0.0669. The fourth-order valence-corrected chi connectivity index (χ4v) is 2.51. The van der Waals surface area contributed by atoms with Crippen LogP contribution in [0, 0.1) is 28.6 Å². The summed E-state index contributed by atoms with van der Waals surface area (Å²) in [5.74, 6) is -0.0669. The van der Waals surface area contributed by atoms with E-state index in [2.05, 4.69) is 22.4 Å². The molecule has 0 amide bonds. The number of nitrogens with one attached hydrogen (secondary N) is 1. The molecule has 2 aliphatic rings. The Balaban J connectivity index is 1.61. The van der Waals surface area contributed by atoms with E-state index in [0.717, 1.165) is 32.3 Å². The summed E-state index contributed by atoms with van der Waals surface area (Å²) in [6, 6.07) is 5.13. The molecule has 2 atom stereocenters. The predicted octanol–water partition coefficient (Wildman–Crippen LogP) is 0.883. The largest absolute Gasteiger partial charge is 0.374 e. The van der Waals surface area contributed by atoms with Crippen molar-refractivity contribution >= 4 is 0 Å². The first kappa shape index (κ1) is 14.3. The molecule has 104 valence electrons. The number of hydrogen-bond donors (Lipinski definition) is 1. The highest BCUT2D eigenvalue weighted by Crippen LogP contribution is 2.28. The van der Waals surface area contributed by atoms with Crippen LogP contribution in [-0.4, -0.2) is 49.8 Å². The van der Waals surface area contributed by atoms with Gasteiger partial charge in [-0.25, -0.2) is 0 Å². The van der Waals surface area contributed by atoms with Gasteiger partial charge in [0.25, 0.3) is 0 Å². The van der Waals surface area contributed by atoms with E-state index in [1.54, 1.807) is 0 Å². The Labute approximate surface area is 115 Å². The number of morpholine rings is 1. The maximum atomic E-state index is 8.97. The molecule has 0 aromatic carbocycles. The van der Waals surface area contributed by atoms with Crippen LogP contribution >= 0.6 is 0 Å². The number of nitriles is 2. The van der Waals surface area contributed by atoms with Gasteiger partial charge < -0.3 is 10.1 Å². The summed E-state index contributed by atoms with van der Waals surface area (Å²) < 4.78 is 5.74. The molecule has 2 fully saturated rings. The van der Waals surface area contributed by atoms with E-state index < -0.39 is 0 Å². The van der Waals surface area contributed by atoms with Crippen LogP contribution in [0.25, 0.3) is 0 Å². The summed E-state index contributed by atoms with van der Waals surface area (Å²) in [7, 11) is 0. The second-order valence-electron chi connectivity index (χ2n) is 5.40. The van der Waals surface area contributed by atoms with Gasteiger partial charge in [-0.2, -0.15) is 10.5 Å². The van der Waals surface area contributed by atoms with E-state index in [1.165, 1.54) is 12.8 Å². The summed E-state index contributed by atoms with van der Waals surface area (Å²) in [6.07, 6.45) is 4.02. The lowest BCUT2D eigenvalue weighted by atomic mass is 10.1. The highest BCUT2D eigenvalue weighted by atomic mass is 16.5. The topological polar surface area (TPSA) is 72.1 Å². The highest BCUT2D eigenvalue weighted by Gasteiger charge is 2.32. The quantitative estimate of drug-likeness (QED) is 0.737. The van der Waals surface area contributed by atoms with E-state index in [-0.39, 0.29) is 12.0 Å². The Morgan fingerprint density at radius 3 is 2.89 bits per heavy atom. The number of ether oxygens (including phenoxy) is 1. The number of nitrogens with zero attached hydrogens (tertiary/aromatic N) is 3. The number of hydrogen-bond acceptors (Lipinski definition) is 5. The molecule has 1 aliphatic carbocycles. The van der Waals surface area contributed by atoms with Crippen LogP contribution in [0.15, 0.2) is 0 Å². The molecule has 0 bridgehead atoms.